The van der Waals surface area contributed by atoms with Gasteiger partial charge in [0.1, 0.15) is 12.4 Å². The van der Waals surface area contributed by atoms with Gasteiger partial charge in [-0.25, -0.2) is 17.5 Å². The van der Waals surface area contributed by atoms with E-state index in [-0.39, 0.29) is 36.0 Å². The van der Waals surface area contributed by atoms with Gasteiger partial charge in [-0.3, -0.25) is 9.79 Å². The number of aliphatic imine (C=N–C) groups is 1. The van der Waals surface area contributed by atoms with Crippen LogP contribution in [0.4, 0.5) is 15.8 Å². The number of nitrogens with one attached hydrogen (secondary N) is 1. The molecule has 1 heterocycles. The Morgan fingerprint density at radius 3 is 2.49 bits per heavy atom. The molecule has 10 heteroatoms. The quantitative estimate of drug-likeness (QED) is 0.347. The van der Waals surface area contributed by atoms with Gasteiger partial charge < -0.3 is 9.80 Å². The average Bonchev–Trinajstić information content (AvgIpc) is 3.04. The van der Waals surface area contributed by atoms with Crippen molar-refractivity contribution in [2.45, 2.75) is 4.90 Å². The van der Waals surface area contributed by atoms with Crippen molar-refractivity contribution in [3.8, 4) is 0 Å². The first kappa shape index (κ1) is 26.8. The van der Waals surface area contributed by atoms with Gasteiger partial charge in [-0.05, 0) is 42.5 Å². The Labute approximate surface area is 231 Å². The van der Waals surface area contributed by atoms with Gasteiger partial charge in [-0.2, -0.15) is 0 Å². The average molecular weight is 565 g/mol. The molecule has 0 fully saturated rings. The molecule has 0 aliphatic carbocycles. The van der Waals surface area contributed by atoms with Gasteiger partial charge >= 0.3 is 0 Å². The summed E-state index contributed by atoms with van der Waals surface area (Å²) in [6, 6.07) is 21.8. The summed E-state index contributed by atoms with van der Waals surface area (Å²) in [6.45, 7) is -0.227. The number of anilines is 2. The van der Waals surface area contributed by atoms with Crippen LogP contribution in [-0.4, -0.2) is 53.8 Å². The Hall–Kier alpha value is -3.79. The van der Waals surface area contributed by atoms with Crippen LogP contribution in [0.25, 0.3) is 10.8 Å². The first-order valence-corrected chi connectivity index (χ1v) is 14.1. The predicted octanol–water partition coefficient (Wildman–Crippen LogP) is 4.86. The number of benzene rings is 4. The number of hydrogen-bond donors (Lipinski definition) is 1. The van der Waals surface area contributed by atoms with Crippen molar-refractivity contribution in [3.63, 3.8) is 0 Å². The largest absolute Gasteiger partial charge is 0.377 e. The second kappa shape index (κ2) is 10.8. The van der Waals surface area contributed by atoms with E-state index >= 15 is 0 Å². The smallest absolute Gasteiger partial charge is 0.248 e. The van der Waals surface area contributed by atoms with Crippen molar-refractivity contribution in [3.05, 3.63) is 101 Å². The lowest BCUT2D eigenvalue weighted by atomic mass is 9.99. The van der Waals surface area contributed by atoms with E-state index in [1.807, 2.05) is 37.2 Å². The summed E-state index contributed by atoms with van der Waals surface area (Å²) in [5, 5.41) is 1.82. The molecule has 0 aromatic heterocycles. The minimum absolute atomic E-state index is 0.0421. The van der Waals surface area contributed by atoms with Gasteiger partial charge in [-0.15, -0.1) is 0 Å². The first-order valence-electron chi connectivity index (χ1n) is 12.3. The number of carbonyl (C=O) groups excluding carboxylic acids is 1. The van der Waals surface area contributed by atoms with Crippen LogP contribution in [0.3, 0.4) is 0 Å². The number of benzodiazepines with no additional fused rings is 1. The van der Waals surface area contributed by atoms with E-state index in [2.05, 4.69) is 9.71 Å². The summed E-state index contributed by atoms with van der Waals surface area (Å²) >= 11 is 6.27. The van der Waals surface area contributed by atoms with Gasteiger partial charge in [0.15, 0.2) is 0 Å². The third kappa shape index (κ3) is 5.25. The summed E-state index contributed by atoms with van der Waals surface area (Å²) in [4.78, 5) is 21.1. The molecule has 0 unspecified atom stereocenters. The Bertz CT molecular complexity index is 1720. The maximum atomic E-state index is 14.7. The first-order chi connectivity index (χ1) is 18.7. The summed E-state index contributed by atoms with van der Waals surface area (Å²) in [7, 11) is -0.103. The molecule has 0 atom stereocenters. The number of carbonyl (C=O) groups is 1. The van der Waals surface area contributed by atoms with Crippen LogP contribution in [0.5, 0.6) is 0 Å². The molecule has 0 spiro atoms. The Kier molecular flexibility index (Phi) is 7.40. The zero-order chi connectivity index (χ0) is 27.7. The highest BCUT2D eigenvalue weighted by molar-refractivity contribution is 7.89. The summed E-state index contributed by atoms with van der Waals surface area (Å²) in [6.07, 6.45) is 0. The second-order valence-corrected chi connectivity index (χ2v) is 11.4. The molecule has 4 aromatic rings. The molecule has 0 bridgehead atoms. The number of hydrogen-bond acceptors (Lipinski definition) is 5. The zero-order valence-corrected chi connectivity index (χ0v) is 22.9. The van der Waals surface area contributed by atoms with Gasteiger partial charge in [0.05, 0.1) is 16.3 Å². The minimum atomic E-state index is -3.91. The van der Waals surface area contributed by atoms with E-state index in [0.29, 0.717) is 27.4 Å². The third-order valence-electron chi connectivity index (χ3n) is 6.56. The van der Waals surface area contributed by atoms with E-state index in [4.69, 9.17) is 11.6 Å². The molecule has 0 radical (unpaired) electrons. The molecule has 5 rings (SSSR count). The fraction of sp³-hybridized carbons (Fsp3) is 0.172. The highest BCUT2D eigenvalue weighted by Gasteiger charge is 2.27. The maximum Gasteiger partial charge on any atom is 0.248 e. The summed E-state index contributed by atoms with van der Waals surface area (Å²) < 4.78 is 44.1. The van der Waals surface area contributed by atoms with Gasteiger partial charge in [0.2, 0.25) is 15.9 Å². The molecule has 0 saturated carbocycles. The van der Waals surface area contributed by atoms with Crippen LogP contribution in [0.15, 0.2) is 88.8 Å². The molecule has 1 amide bonds. The van der Waals surface area contributed by atoms with Crippen LogP contribution < -0.4 is 14.5 Å². The molecule has 1 N–H and O–H groups in total. The Morgan fingerprint density at radius 2 is 1.72 bits per heavy atom. The van der Waals surface area contributed by atoms with Crippen molar-refractivity contribution in [2.75, 3.05) is 43.5 Å². The standard InChI is InChI=1S/C29H26ClFN4O3S/c1-34(2)25-11-5-9-21-20(25)8-6-12-27(21)39(37,38)33-15-16-35-26-14-13-19(30)17-23(26)29(32-18-28(35)36)22-7-3-4-10-24(22)31/h3-14,17,33H,15-16,18H2,1-2H3. The fourth-order valence-corrected chi connectivity index (χ4v) is 6.18. The van der Waals surface area contributed by atoms with E-state index in [0.717, 1.165) is 11.1 Å². The van der Waals surface area contributed by atoms with E-state index in [1.54, 1.807) is 54.6 Å². The van der Waals surface area contributed by atoms with E-state index in [1.165, 1.54) is 11.0 Å². The molecule has 1 aliphatic heterocycles. The molecule has 4 aromatic carbocycles. The summed E-state index contributed by atoms with van der Waals surface area (Å²) in [5.41, 5.74) is 2.44. The molecule has 39 heavy (non-hydrogen) atoms. The van der Waals surface area contributed by atoms with Crippen molar-refractivity contribution in [2.24, 2.45) is 4.99 Å². The van der Waals surface area contributed by atoms with E-state index < -0.39 is 15.8 Å². The van der Waals surface area contributed by atoms with E-state index in [9.17, 15) is 17.6 Å². The Morgan fingerprint density at radius 1 is 0.974 bits per heavy atom. The number of nitrogens with zero attached hydrogens (tertiary/aromatic N) is 3. The van der Waals surface area contributed by atoms with Crippen molar-refractivity contribution in [1.29, 1.82) is 0 Å². The number of amides is 1. The lowest BCUT2D eigenvalue weighted by molar-refractivity contribution is -0.117. The van der Waals surface area contributed by atoms with Crippen LogP contribution >= 0.6 is 11.6 Å². The minimum Gasteiger partial charge on any atom is -0.377 e. The summed E-state index contributed by atoms with van der Waals surface area (Å²) in [5.74, 6) is -0.812. The van der Waals surface area contributed by atoms with Gasteiger partial charge in [0.25, 0.3) is 0 Å². The molecule has 0 saturated heterocycles. The van der Waals surface area contributed by atoms with Gasteiger partial charge in [-0.1, -0.05) is 48.0 Å². The molecule has 7 nitrogen and oxygen atoms in total. The number of sulfonamides is 1. The monoisotopic (exact) mass is 564 g/mol. The van der Waals surface area contributed by atoms with Crippen LogP contribution in [0, 0.1) is 5.82 Å². The highest BCUT2D eigenvalue weighted by Crippen LogP contribution is 2.32. The molecule has 1 aliphatic rings. The van der Waals surface area contributed by atoms with Crippen molar-refractivity contribution < 1.29 is 17.6 Å². The van der Waals surface area contributed by atoms with Crippen molar-refractivity contribution in [1.82, 2.24) is 4.72 Å². The third-order valence-corrected chi connectivity index (χ3v) is 8.32. The molecular weight excluding hydrogens is 539 g/mol. The molecular formula is C29H26ClFN4O3S. The molecule has 200 valence electrons. The van der Waals surface area contributed by atoms with Crippen LogP contribution in [0.2, 0.25) is 5.02 Å². The number of rotatable bonds is 7. The Balaban J connectivity index is 1.43. The zero-order valence-electron chi connectivity index (χ0n) is 21.4. The lowest BCUT2D eigenvalue weighted by Gasteiger charge is -2.23. The SMILES string of the molecule is CN(C)c1cccc2c(S(=O)(=O)NCCN3C(=O)CN=C(c4ccccc4F)c4cc(Cl)ccc43)cccc12. The second-order valence-electron chi connectivity index (χ2n) is 9.27. The maximum absolute atomic E-state index is 14.7. The normalized spacial score (nSPS) is 13.7. The predicted molar refractivity (Wildman–Crippen MR) is 154 cm³/mol. The lowest BCUT2D eigenvalue weighted by Crippen LogP contribution is -2.39. The van der Waals surface area contributed by atoms with Gasteiger partial charge in [0, 0.05) is 59.8 Å². The van der Waals surface area contributed by atoms with Crippen molar-refractivity contribution >= 4 is 55.4 Å². The number of fused-ring (bicyclic) bond motifs is 2. The van der Waals surface area contributed by atoms with Crippen LogP contribution in [-0.2, 0) is 14.8 Å². The topological polar surface area (TPSA) is 82.1 Å². The fourth-order valence-electron chi connectivity index (χ4n) is 4.77. The highest BCUT2D eigenvalue weighted by atomic mass is 35.5. The number of halogens is 2. The van der Waals surface area contributed by atoms with Crippen LogP contribution in [0.1, 0.15) is 11.1 Å².